The van der Waals surface area contributed by atoms with Gasteiger partial charge >= 0.3 is 0 Å². The summed E-state index contributed by atoms with van der Waals surface area (Å²) in [5, 5.41) is 3.00. The van der Waals surface area contributed by atoms with E-state index < -0.39 is 0 Å². The highest BCUT2D eigenvalue weighted by Gasteiger charge is 2.33. The van der Waals surface area contributed by atoms with Gasteiger partial charge in [0.15, 0.2) is 0 Å². The largest absolute Gasteiger partial charge is 0.379 e. The molecule has 4 heteroatoms. The second kappa shape index (κ2) is 7.85. The highest BCUT2D eigenvalue weighted by molar-refractivity contribution is 5.76. The molecule has 112 valence electrons. The second-order valence-electron chi connectivity index (χ2n) is 6.26. The molecule has 1 saturated carbocycles. The molecule has 0 aromatic carbocycles. The van der Waals surface area contributed by atoms with Gasteiger partial charge in [0.1, 0.15) is 0 Å². The number of hydrogen-bond donors (Lipinski definition) is 2. The van der Waals surface area contributed by atoms with Crippen molar-refractivity contribution in [2.24, 2.45) is 17.1 Å². The molecule has 1 unspecified atom stereocenters. The van der Waals surface area contributed by atoms with Gasteiger partial charge in [0.05, 0.1) is 6.10 Å². The number of methoxy groups -OCH3 is 1. The molecular formula is C15H30N2O2. The fourth-order valence-electron chi connectivity index (χ4n) is 2.96. The molecule has 1 fully saturated rings. The Bertz CT molecular complexity index is 273. The molecule has 19 heavy (non-hydrogen) atoms. The third kappa shape index (κ3) is 5.11. The van der Waals surface area contributed by atoms with Crippen molar-refractivity contribution in [3.05, 3.63) is 0 Å². The SMILES string of the molecule is COC(CNC(=O)CC1(CN)CCCCC1)C(C)C. The van der Waals surface area contributed by atoms with E-state index >= 15 is 0 Å². The van der Waals surface area contributed by atoms with Crippen LogP contribution in [0.5, 0.6) is 0 Å². The zero-order valence-electron chi connectivity index (χ0n) is 12.7. The van der Waals surface area contributed by atoms with Crippen LogP contribution in [0, 0.1) is 11.3 Å². The highest BCUT2D eigenvalue weighted by atomic mass is 16.5. The van der Waals surface area contributed by atoms with Gasteiger partial charge in [0.2, 0.25) is 5.91 Å². The molecule has 0 aliphatic heterocycles. The zero-order chi connectivity index (χ0) is 14.3. The number of nitrogens with one attached hydrogen (secondary N) is 1. The predicted octanol–water partition coefficient (Wildman–Crippen LogP) is 2.07. The molecule has 1 amide bonds. The van der Waals surface area contributed by atoms with Gasteiger partial charge in [0, 0.05) is 20.1 Å². The van der Waals surface area contributed by atoms with Gasteiger partial charge in [-0.3, -0.25) is 4.79 Å². The summed E-state index contributed by atoms with van der Waals surface area (Å²) in [6.07, 6.45) is 6.53. The van der Waals surface area contributed by atoms with Crippen molar-refractivity contribution >= 4 is 5.91 Å². The monoisotopic (exact) mass is 270 g/mol. The van der Waals surface area contributed by atoms with Crippen LogP contribution in [0.4, 0.5) is 0 Å². The van der Waals surface area contributed by atoms with Gasteiger partial charge in [-0.15, -0.1) is 0 Å². The van der Waals surface area contributed by atoms with Crippen LogP contribution in [-0.4, -0.2) is 32.2 Å². The Morgan fingerprint density at radius 1 is 1.32 bits per heavy atom. The molecule has 1 aliphatic rings. The lowest BCUT2D eigenvalue weighted by Crippen LogP contribution is -2.41. The van der Waals surface area contributed by atoms with Crippen LogP contribution in [0.15, 0.2) is 0 Å². The predicted molar refractivity (Wildman–Crippen MR) is 77.8 cm³/mol. The standard InChI is InChI=1S/C15H30N2O2/c1-12(2)13(19-3)10-17-14(18)9-15(11-16)7-5-4-6-8-15/h12-13H,4-11,16H2,1-3H3,(H,17,18). The fourth-order valence-corrected chi connectivity index (χ4v) is 2.96. The van der Waals surface area contributed by atoms with E-state index in [2.05, 4.69) is 19.2 Å². The van der Waals surface area contributed by atoms with Crippen LogP contribution >= 0.6 is 0 Å². The summed E-state index contributed by atoms with van der Waals surface area (Å²) in [7, 11) is 1.69. The van der Waals surface area contributed by atoms with Crippen molar-refractivity contribution < 1.29 is 9.53 Å². The minimum absolute atomic E-state index is 0.0444. The van der Waals surface area contributed by atoms with Gasteiger partial charge < -0.3 is 15.8 Å². The Balaban J connectivity index is 2.40. The van der Waals surface area contributed by atoms with Gasteiger partial charge in [-0.1, -0.05) is 33.1 Å². The second-order valence-corrected chi connectivity index (χ2v) is 6.26. The first kappa shape index (κ1) is 16.4. The first-order valence-electron chi connectivity index (χ1n) is 7.52. The normalized spacial score (nSPS) is 20.3. The van der Waals surface area contributed by atoms with Crippen LogP contribution in [0.2, 0.25) is 0 Å². The maximum absolute atomic E-state index is 12.1. The summed E-state index contributed by atoms with van der Waals surface area (Å²) in [5.74, 6) is 0.526. The summed E-state index contributed by atoms with van der Waals surface area (Å²) in [6.45, 7) is 5.41. The first-order chi connectivity index (χ1) is 9.03. The van der Waals surface area contributed by atoms with Crippen LogP contribution in [0.1, 0.15) is 52.4 Å². The number of carbonyl (C=O) groups excluding carboxylic acids is 1. The summed E-state index contributed by atoms with van der Waals surface area (Å²) in [5.41, 5.74) is 5.96. The Hall–Kier alpha value is -0.610. The Morgan fingerprint density at radius 2 is 1.95 bits per heavy atom. The van der Waals surface area contributed by atoms with E-state index in [1.54, 1.807) is 7.11 Å². The average Bonchev–Trinajstić information content (AvgIpc) is 2.40. The maximum Gasteiger partial charge on any atom is 0.220 e. The molecule has 0 heterocycles. The van der Waals surface area contributed by atoms with Crippen molar-refractivity contribution in [3.8, 4) is 0 Å². The summed E-state index contributed by atoms with van der Waals surface area (Å²) in [4.78, 5) is 12.1. The highest BCUT2D eigenvalue weighted by Crippen LogP contribution is 2.38. The molecule has 1 atom stereocenters. The third-order valence-corrected chi connectivity index (χ3v) is 4.43. The lowest BCUT2D eigenvalue weighted by Gasteiger charge is -2.35. The number of nitrogens with two attached hydrogens (primary N) is 1. The van der Waals surface area contributed by atoms with E-state index in [0.29, 0.717) is 25.4 Å². The topological polar surface area (TPSA) is 64.3 Å². The van der Waals surface area contributed by atoms with Gasteiger partial charge in [-0.2, -0.15) is 0 Å². The Kier molecular flexibility index (Phi) is 6.80. The van der Waals surface area contributed by atoms with Gasteiger partial charge in [0.25, 0.3) is 0 Å². The van der Waals surface area contributed by atoms with E-state index in [4.69, 9.17) is 10.5 Å². The van der Waals surface area contributed by atoms with Gasteiger partial charge in [-0.05, 0) is 30.7 Å². The number of hydrogen-bond acceptors (Lipinski definition) is 3. The molecule has 1 aliphatic carbocycles. The molecule has 1 rings (SSSR count). The van der Waals surface area contributed by atoms with Crippen molar-refractivity contribution in [1.82, 2.24) is 5.32 Å². The van der Waals surface area contributed by atoms with E-state index in [1.165, 1.54) is 19.3 Å². The van der Waals surface area contributed by atoms with E-state index in [-0.39, 0.29) is 17.4 Å². The van der Waals surface area contributed by atoms with Crippen molar-refractivity contribution in [3.63, 3.8) is 0 Å². The lowest BCUT2D eigenvalue weighted by atomic mass is 9.71. The molecular weight excluding hydrogens is 240 g/mol. The first-order valence-corrected chi connectivity index (χ1v) is 7.52. The molecule has 3 N–H and O–H groups in total. The average molecular weight is 270 g/mol. The number of carbonyl (C=O) groups is 1. The van der Waals surface area contributed by atoms with Crippen molar-refractivity contribution in [1.29, 1.82) is 0 Å². The van der Waals surface area contributed by atoms with E-state index in [9.17, 15) is 4.79 Å². The lowest BCUT2D eigenvalue weighted by molar-refractivity contribution is -0.124. The van der Waals surface area contributed by atoms with E-state index in [0.717, 1.165) is 12.8 Å². The zero-order valence-corrected chi connectivity index (χ0v) is 12.7. The van der Waals surface area contributed by atoms with E-state index in [1.807, 2.05) is 0 Å². The number of ether oxygens (including phenoxy) is 1. The molecule has 0 saturated heterocycles. The van der Waals surface area contributed by atoms with Crippen molar-refractivity contribution in [2.45, 2.75) is 58.5 Å². The van der Waals surface area contributed by atoms with Crippen LogP contribution in [0.3, 0.4) is 0 Å². The molecule has 0 aromatic heterocycles. The molecule has 0 radical (unpaired) electrons. The minimum Gasteiger partial charge on any atom is -0.379 e. The number of rotatable bonds is 7. The summed E-state index contributed by atoms with van der Waals surface area (Å²) in [6, 6.07) is 0. The molecule has 4 nitrogen and oxygen atoms in total. The van der Waals surface area contributed by atoms with Crippen molar-refractivity contribution in [2.75, 3.05) is 20.2 Å². The van der Waals surface area contributed by atoms with Crippen LogP contribution < -0.4 is 11.1 Å². The summed E-state index contributed by atoms with van der Waals surface area (Å²) >= 11 is 0. The minimum atomic E-state index is 0.0444. The quantitative estimate of drug-likeness (QED) is 0.744. The third-order valence-electron chi connectivity index (χ3n) is 4.43. The molecule has 0 aromatic rings. The molecule has 0 bridgehead atoms. The van der Waals surface area contributed by atoms with Crippen LogP contribution in [-0.2, 0) is 9.53 Å². The number of amides is 1. The van der Waals surface area contributed by atoms with Crippen LogP contribution in [0.25, 0.3) is 0 Å². The smallest absolute Gasteiger partial charge is 0.220 e. The van der Waals surface area contributed by atoms with Gasteiger partial charge in [-0.25, -0.2) is 0 Å². The fraction of sp³-hybridized carbons (Fsp3) is 0.933. The molecule has 0 spiro atoms. The summed E-state index contributed by atoms with van der Waals surface area (Å²) < 4.78 is 5.36. The maximum atomic E-state index is 12.1. The Morgan fingerprint density at radius 3 is 2.42 bits per heavy atom. The Labute approximate surface area is 117 Å².